The van der Waals surface area contributed by atoms with E-state index >= 15 is 0 Å². The van der Waals surface area contributed by atoms with Crippen LogP contribution in [0.25, 0.3) is 22.3 Å². The van der Waals surface area contributed by atoms with Gasteiger partial charge in [0.25, 0.3) is 5.56 Å². The molecule has 93 heavy (non-hydrogen) atoms. The summed E-state index contributed by atoms with van der Waals surface area (Å²) in [5.41, 5.74) is 7.03. The van der Waals surface area contributed by atoms with Gasteiger partial charge in [0.1, 0.15) is 32.5 Å². The lowest BCUT2D eigenvalue weighted by Crippen LogP contribution is -2.47. The molecular weight excluding hydrogens is 1230 g/mol. The molecule has 0 saturated heterocycles. The highest BCUT2D eigenvalue weighted by atomic mass is 32.2. The molecule has 6 rings (SSSR count). The fourth-order valence-electron chi connectivity index (χ4n) is 10.3. The second-order valence-corrected chi connectivity index (χ2v) is 23.9. The number of hydrogen-bond donors (Lipinski definition) is 5. The number of esters is 1. The molecule has 0 aliphatic carbocycles. The minimum Gasteiger partial charge on any atom is -0.457 e. The zero-order valence-corrected chi connectivity index (χ0v) is 54.8. The van der Waals surface area contributed by atoms with Crippen molar-refractivity contribution < 1.29 is 90.6 Å². The molecule has 4 heterocycles. The third kappa shape index (κ3) is 24.3. The SMILES string of the molecule is [3H]CCNCCCC[C@H](NC(=O)COCC(=O)NCCOCCOCCOCCOCCOCCOCCOCCOCCN)C(=O)Nc1ccc(COC(=O)O[C@]2(CC)C(=O)OCc3c2cc2n(c3=O)Cc3c-2nc2ccccc2c3CCN(C(C)C)S(C)(=O)=O)cc1. The van der Waals surface area contributed by atoms with Crippen LogP contribution in [0.4, 0.5) is 10.5 Å². The molecular formula is C64H94N8O20S. The van der Waals surface area contributed by atoms with Crippen LogP contribution in [-0.4, -0.2) is 222 Å². The number of nitrogens with one attached hydrogen (secondary N) is 4. The molecule has 3 amide bonds. The van der Waals surface area contributed by atoms with Crippen LogP contribution in [0.15, 0.2) is 59.4 Å². The second-order valence-electron chi connectivity index (χ2n) is 21.9. The van der Waals surface area contributed by atoms with Gasteiger partial charge in [0.2, 0.25) is 33.3 Å². The number of rotatable bonds is 48. The summed E-state index contributed by atoms with van der Waals surface area (Å²) in [5.74, 6) is -2.48. The maximum absolute atomic E-state index is 14.4. The molecule has 28 nitrogen and oxygen atoms in total. The molecule has 2 aromatic heterocycles. The number of carbonyl (C=O) groups excluding carboxylic acids is 5. The lowest BCUT2D eigenvalue weighted by molar-refractivity contribution is -0.175. The van der Waals surface area contributed by atoms with Crippen molar-refractivity contribution in [2.75, 3.05) is 163 Å². The van der Waals surface area contributed by atoms with E-state index in [4.69, 9.17) is 68.9 Å². The molecule has 0 radical (unpaired) electrons. The van der Waals surface area contributed by atoms with Crippen molar-refractivity contribution in [2.24, 2.45) is 5.73 Å². The number of hydrogen-bond acceptors (Lipinski definition) is 23. The molecule has 6 N–H and O–H groups in total. The number of fused-ring (bicyclic) bond motifs is 5. The number of carbonyl (C=O) groups is 5. The Balaban J connectivity index is 0.889. The number of para-hydroxylation sites is 1. The first-order chi connectivity index (χ1) is 45.5. The Labute approximate surface area is 545 Å². The Morgan fingerprint density at radius 1 is 0.774 bits per heavy atom. The Hall–Kier alpha value is -6.58. The van der Waals surface area contributed by atoms with E-state index in [2.05, 4.69) is 21.3 Å². The van der Waals surface area contributed by atoms with Crippen molar-refractivity contribution in [3.63, 3.8) is 0 Å². The number of unbranched alkanes of at least 4 members (excludes halogenated alkanes) is 1. The third-order valence-electron chi connectivity index (χ3n) is 14.9. The molecule has 29 heteroatoms. The van der Waals surface area contributed by atoms with Crippen LogP contribution in [0.2, 0.25) is 0 Å². The van der Waals surface area contributed by atoms with Crippen molar-refractivity contribution in [2.45, 2.75) is 97.2 Å². The van der Waals surface area contributed by atoms with E-state index in [1.165, 1.54) is 10.6 Å². The quantitative estimate of drug-likeness (QED) is 0.0276. The minimum absolute atomic E-state index is 0.115. The van der Waals surface area contributed by atoms with Gasteiger partial charge >= 0.3 is 12.1 Å². The maximum Gasteiger partial charge on any atom is 0.510 e. The smallest absolute Gasteiger partial charge is 0.457 e. The van der Waals surface area contributed by atoms with Crippen molar-refractivity contribution in [3.05, 3.63) is 92.8 Å². The van der Waals surface area contributed by atoms with Gasteiger partial charge in [0.15, 0.2) is 0 Å². The molecule has 0 unspecified atom stereocenters. The summed E-state index contributed by atoms with van der Waals surface area (Å²) in [7, 11) is -3.54. The normalized spacial score (nSPS) is 14.7. The molecule has 0 bridgehead atoms. The minimum atomic E-state index is -3.54. The van der Waals surface area contributed by atoms with Crippen molar-refractivity contribution >= 4 is 56.5 Å². The summed E-state index contributed by atoms with van der Waals surface area (Å²) in [6, 6.07) is 14.2. The molecule has 0 saturated carbocycles. The van der Waals surface area contributed by atoms with E-state index < -0.39 is 70.3 Å². The van der Waals surface area contributed by atoms with E-state index in [0.29, 0.717) is 166 Å². The standard InChI is InChI=1S/C64H94N8O20S/c1-6-64(53-40-56-59-51(41-71(56)61(76)52(53)43-90-62(64)77)49(50-12-8-9-13-54(50)70-59)19-23-72(46(3)4)93(5,79)80)92-63(78)91-42-47-15-17-48(18-16-47)68-60(75)55(14-10-11-21-66-7-2)69-58(74)45-89-44-57(73)67-22-25-82-27-29-84-31-33-86-35-37-88-39-38-87-36-34-85-32-30-83-28-26-81-24-20-65/h8-9,12-13,15-18,40,46,55,66H,6-7,10-11,14,19-39,41-45,65H2,1-5H3,(H,67,73)(H,68,75)(H,69,74)/t55-,64-/m0/s1/i2T. The van der Waals surface area contributed by atoms with Crippen molar-refractivity contribution in [1.29, 1.82) is 0 Å². The summed E-state index contributed by atoms with van der Waals surface area (Å²) in [6.07, 6.45) is 1.68. The van der Waals surface area contributed by atoms with E-state index in [1.807, 2.05) is 38.1 Å². The fourth-order valence-corrected chi connectivity index (χ4v) is 11.5. The van der Waals surface area contributed by atoms with Crippen LogP contribution >= 0.6 is 0 Å². The molecule has 4 aromatic rings. The van der Waals surface area contributed by atoms with Crippen LogP contribution in [0.5, 0.6) is 0 Å². The highest BCUT2D eigenvalue weighted by molar-refractivity contribution is 7.88. The second kappa shape index (κ2) is 40.6. The van der Waals surface area contributed by atoms with E-state index in [1.54, 1.807) is 41.8 Å². The lowest BCUT2D eigenvalue weighted by Gasteiger charge is -2.35. The molecule has 0 fully saturated rings. The third-order valence-corrected chi connectivity index (χ3v) is 16.4. The topological polar surface area (TPSA) is 343 Å². The highest BCUT2D eigenvalue weighted by Gasteiger charge is 2.51. The van der Waals surface area contributed by atoms with Crippen molar-refractivity contribution in [3.8, 4) is 11.4 Å². The van der Waals surface area contributed by atoms with Crippen LogP contribution in [0.1, 0.15) is 82.5 Å². The van der Waals surface area contributed by atoms with Gasteiger partial charge in [0.05, 0.1) is 141 Å². The molecule has 2 aromatic carbocycles. The van der Waals surface area contributed by atoms with Crippen LogP contribution < -0.4 is 32.6 Å². The predicted molar refractivity (Wildman–Crippen MR) is 343 cm³/mol. The number of pyridine rings is 2. The van der Waals surface area contributed by atoms with E-state index in [0.717, 1.165) is 16.5 Å². The number of cyclic esters (lactones) is 1. The zero-order chi connectivity index (χ0) is 67.6. The number of anilines is 1. The first kappa shape index (κ1) is 73.8. The number of nitrogens with two attached hydrogens (primary N) is 1. The number of aromatic nitrogens is 2. The van der Waals surface area contributed by atoms with Gasteiger partial charge in [-0.2, -0.15) is 4.31 Å². The number of sulfonamides is 1. The van der Waals surface area contributed by atoms with Crippen LogP contribution in [0, 0.1) is 0 Å². The summed E-state index contributed by atoms with van der Waals surface area (Å²) in [5, 5.41) is 12.1. The van der Waals surface area contributed by atoms with Crippen LogP contribution in [-0.2, 0) is 118 Å². The predicted octanol–water partition coefficient (Wildman–Crippen LogP) is 3.08. The van der Waals surface area contributed by atoms with Gasteiger partial charge in [-0.15, -0.1) is 0 Å². The summed E-state index contributed by atoms with van der Waals surface area (Å²) in [4.78, 5) is 86.0. The van der Waals surface area contributed by atoms with E-state index in [9.17, 15) is 37.2 Å². The average Bonchev–Trinajstić information content (AvgIpc) is 1.47. The first-order valence-corrected chi connectivity index (χ1v) is 33.4. The van der Waals surface area contributed by atoms with Crippen LogP contribution in [0.3, 0.4) is 0 Å². The zero-order valence-electron chi connectivity index (χ0n) is 55.0. The highest BCUT2D eigenvalue weighted by Crippen LogP contribution is 2.42. The molecule has 2 aliphatic rings. The lowest BCUT2D eigenvalue weighted by atomic mass is 9.85. The van der Waals surface area contributed by atoms with Gasteiger partial charge in [-0.25, -0.2) is 23.0 Å². The number of nitrogens with zero attached hydrogens (tertiary/aromatic N) is 3. The monoisotopic (exact) mass is 1330 g/mol. The molecule has 2 aliphatic heterocycles. The summed E-state index contributed by atoms with van der Waals surface area (Å²) >= 11 is 0. The van der Waals surface area contributed by atoms with Gasteiger partial charge in [0, 0.05) is 49.2 Å². The number of amides is 3. The van der Waals surface area contributed by atoms with Gasteiger partial charge in [-0.05, 0) is 94.4 Å². The Morgan fingerprint density at radius 3 is 1.97 bits per heavy atom. The van der Waals surface area contributed by atoms with Crippen molar-refractivity contribution in [1.82, 2.24) is 29.8 Å². The summed E-state index contributed by atoms with van der Waals surface area (Å²) in [6.45, 7) is 12.8. The molecule has 2 atom stereocenters. The number of ether oxygens (including phenoxy) is 12. The Morgan fingerprint density at radius 2 is 1.38 bits per heavy atom. The number of benzene rings is 2. The van der Waals surface area contributed by atoms with Gasteiger partial charge in [-0.1, -0.05) is 44.2 Å². The average molecular weight is 1330 g/mol. The first-order valence-electron chi connectivity index (χ1n) is 32.2. The maximum atomic E-state index is 14.4. The molecule has 0 spiro atoms. The Kier molecular flexibility index (Phi) is 32.2. The van der Waals surface area contributed by atoms with E-state index in [-0.39, 0.29) is 76.4 Å². The van der Waals surface area contributed by atoms with Gasteiger partial charge < -0.3 is 88.4 Å². The largest absolute Gasteiger partial charge is 0.510 e. The Bertz CT molecular complexity index is 3200. The fraction of sp³-hybridized carbons (Fsp3) is 0.609. The van der Waals surface area contributed by atoms with Gasteiger partial charge in [-0.3, -0.25) is 19.2 Å². The summed E-state index contributed by atoms with van der Waals surface area (Å²) < 4.78 is 102. The molecule has 516 valence electrons.